The molecule has 0 bridgehead atoms. The van der Waals surface area contributed by atoms with Crippen molar-refractivity contribution in [2.45, 2.75) is 24.5 Å². The minimum absolute atomic E-state index is 0.0453. The average Bonchev–Trinajstić information content (AvgIpc) is 2.98. The number of thiophene rings is 1. The zero-order valence-electron chi connectivity index (χ0n) is 12.1. The zero-order chi connectivity index (χ0) is 15.1. The van der Waals surface area contributed by atoms with Gasteiger partial charge in [-0.15, -0.1) is 23.1 Å². The zero-order valence-corrected chi connectivity index (χ0v) is 13.8. The standard InChI is InChI=1S/C16H18O3S2/c1-3-18-16(17)10-19-15-7-6-13(9-12(15)2)21-11-14-5-4-8-20-14/h4-9H,3,10-11H2,1-2H3. The molecule has 1 aromatic carbocycles. The lowest BCUT2D eigenvalue weighted by Gasteiger charge is -2.10. The second-order valence-corrected chi connectivity index (χ2v) is 6.47. The fraction of sp³-hybridized carbons (Fsp3) is 0.312. The summed E-state index contributed by atoms with van der Waals surface area (Å²) in [6.07, 6.45) is 0. The average molecular weight is 322 g/mol. The van der Waals surface area contributed by atoms with Gasteiger partial charge in [-0.3, -0.25) is 0 Å². The molecule has 0 atom stereocenters. The summed E-state index contributed by atoms with van der Waals surface area (Å²) < 4.78 is 10.3. The van der Waals surface area contributed by atoms with Gasteiger partial charge in [0.2, 0.25) is 0 Å². The van der Waals surface area contributed by atoms with Gasteiger partial charge in [-0.2, -0.15) is 0 Å². The third-order valence-corrected chi connectivity index (χ3v) is 4.86. The first-order valence-corrected chi connectivity index (χ1v) is 8.60. The maximum absolute atomic E-state index is 11.3. The number of hydrogen-bond donors (Lipinski definition) is 0. The molecule has 1 heterocycles. The second kappa shape index (κ2) is 8.10. The van der Waals surface area contributed by atoms with Crippen LogP contribution < -0.4 is 4.74 Å². The van der Waals surface area contributed by atoms with E-state index in [4.69, 9.17) is 9.47 Å². The van der Waals surface area contributed by atoms with Gasteiger partial charge in [0.15, 0.2) is 6.61 Å². The minimum Gasteiger partial charge on any atom is -0.482 e. The van der Waals surface area contributed by atoms with E-state index in [0.717, 1.165) is 17.1 Å². The molecule has 0 N–H and O–H groups in total. The van der Waals surface area contributed by atoms with Crippen LogP contribution in [0, 0.1) is 6.92 Å². The summed E-state index contributed by atoms with van der Waals surface area (Å²) in [6.45, 7) is 4.09. The summed E-state index contributed by atoms with van der Waals surface area (Å²) in [7, 11) is 0. The van der Waals surface area contributed by atoms with Gasteiger partial charge in [0.05, 0.1) is 6.61 Å². The van der Waals surface area contributed by atoms with E-state index in [1.165, 1.54) is 9.77 Å². The SMILES string of the molecule is CCOC(=O)COc1ccc(SCc2cccs2)cc1C. The lowest BCUT2D eigenvalue weighted by atomic mass is 10.2. The van der Waals surface area contributed by atoms with Gasteiger partial charge in [-0.1, -0.05) is 6.07 Å². The number of esters is 1. The maximum atomic E-state index is 11.3. The van der Waals surface area contributed by atoms with Crippen molar-refractivity contribution in [1.82, 2.24) is 0 Å². The first-order chi connectivity index (χ1) is 10.2. The Morgan fingerprint density at radius 2 is 2.19 bits per heavy atom. The van der Waals surface area contributed by atoms with Crippen molar-refractivity contribution in [3.63, 3.8) is 0 Å². The van der Waals surface area contributed by atoms with Crippen molar-refractivity contribution >= 4 is 29.1 Å². The fourth-order valence-corrected chi connectivity index (χ4v) is 3.53. The summed E-state index contributed by atoms with van der Waals surface area (Å²) in [6, 6.07) is 10.2. The van der Waals surface area contributed by atoms with E-state index in [1.54, 1.807) is 30.0 Å². The predicted molar refractivity (Wildman–Crippen MR) is 87.2 cm³/mol. The molecule has 0 spiro atoms. The van der Waals surface area contributed by atoms with Crippen LogP contribution in [0.15, 0.2) is 40.6 Å². The number of benzene rings is 1. The highest BCUT2D eigenvalue weighted by molar-refractivity contribution is 7.98. The number of carbonyl (C=O) groups is 1. The molecule has 0 aliphatic rings. The van der Waals surface area contributed by atoms with E-state index >= 15 is 0 Å². The summed E-state index contributed by atoms with van der Waals surface area (Å²) in [5.41, 5.74) is 1.02. The molecule has 0 aliphatic carbocycles. The Labute approximate surface area is 133 Å². The lowest BCUT2D eigenvalue weighted by Crippen LogP contribution is -2.14. The lowest BCUT2D eigenvalue weighted by molar-refractivity contribution is -0.145. The van der Waals surface area contributed by atoms with Gasteiger partial charge < -0.3 is 9.47 Å². The Morgan fingerprint density at radius 3 is 2.86 bits per heavy atom. The maximum Gasteiger partial charge on any atom is 0.344 e. The molecule has 0 saturated carbocycles. The van der Waals surface area contributed by atoms with Crippen LogP contribution in [0.25, 0.3) is 0 Å². The van der Waals surface area contributed by atoms with Crippen molar-refractivity contribution in [1.29, 1.82) is 0 Å². The van der Waals surface area contributed by atoms with E-state index in [1.807, 2.05) is 19.1 Å². The van der Waals surface area contributed by atoms with Crippen LogP contribution in [-0.4, -0.2) is 19.2 Å². The quantitative estimate of drug-likeness (QED) is 0.563. The fourth-order valence-electron chi connectivity index (χ4n) is 1.76. The van der Waals surface area contributed by atoms with Gasteiger partial charge in [0.1, 0.15) is 5.75 Å². The largest absolute Gasteiger partial charge is 0.482 e. The van der Waals surface area contributed by atoms with Crippen LogP contribution in [0.3, 0.4) is 0 Å². The Morgan fingerprint density at radius 1 is 1.33 bits per heavy atom. The molecule has 5 heteroatoms. The molecule has 2 rings (SSSR count). The number of thioether (sulfide) groups is 1. The summed E-state index contributed by atoms with van der Waals surface area (Å²) >= 11 is 3.57. The van der Waals surface area contributed by atoms with E-state index in [9.17, 15) is 4.79 Å². The second-order valence-electron chi connectivity index (χ2n) is 4.39. The third-order valence-electron chi connectivity index (χ3n) is 2.76. The van der Waals surface area contributed by atoms with Crippen molar-refractivity contribution in [3.05, 3.63) is 46.2 Å². The first kappa shape index (κ1) is 15.9. The highest BCUT2D eigenvalue weighted by Gasteiger charge is 2.06. The molecule has 0 radical (unpaired) electrons. The van der Waals surface area contributed by atoms with Crippen molar-refractivity contribution < 1.29 is 14.3 Å². The van der Waals surface area contributed by atoms with Gasteiger partial charge in [-0.25, -0.2) is 4.79 Å². The molecule has 2 aromatic rings. The van der Waals surface area contributed by atoms with Crippen LogP contribution >= 0.6 is 23.1 Å². The number of ether oxygens (including phenoxy) is 2. The first-order valence-electron chi connectivity index (χ1n) is 6.73. The molecule has 0 saturated heterocycles. The monoisotopic (exact) mass is 322 g/mol. The molecule has 1 aromatic heterocycles. The van der Waals surface area contributed by atoms with Crippen molar-refractivity contribution in [2.75, 3.05) is 13.2 Å². The van der Waals surface area contributed by atoms with Crippen molar-refractivity contribution in [2.24, 2.45) is 0 Å². The molecule has 0 fully saturated rings. The number of hydrogen-bond acceptors (Lipinski definition) is 5. The van der Waals surface area contributed by atoms with Gasteiger partial charge >= 0.3 is 5.97 Å². The number of rotatable bonds is 7. The van der Waals surface area contributed by atoms with Crippen LogP contribution in [0.5, 0.6) is 5.75 Å². The summed E-state index contributed by atoms with van der Waals surface area (Å²) in [5.74, 6) is 1.36. The molecule has 0 aliphatic heterocycles. The van der Waals surface area contributed by atoms with E-state index in [0.29, 0.717) is 6.61 Å². The van der Waals surface area contributed by atoms with Crippen LogP contribution in [0.1, 0.15) is 17.4 Å². The van der Waals surface area contributed by atoms with E-state index < -0.39 is 0 Å². The Bertz CT molecular complexity index is 579. The smallest absolute Gasteiger partial charge is 0.344 e. The molecule has 0 amide bonds. The highest BCUT2D eigenvalue weighted by Crippen LogP contribution is 2.29. The van der Waals surface area contributed by atoms with Crippen LogP contribution in [0.2, 0.25) is 0 Å². The number of aryl methyl sites for hydroxylation is 1. The van der Waals surface area contributed by atoms with E-state index in [-0.39, 0.29) is 12.6 Å². The Balaban J connectivity index is 1.89. The molecule has 0 unspecified atom stereocenters. The molecular formula is C16H18O3S2. The van der Waals surface area contributed by atoms with Crippen LogP contribution in [-0.2, 0) is 15.3 Å². The Hall–Kier alpha value is -1.46. The normalized spacial score (nSPS) is 10.4. The molecule has 21 heavy (non-hydrogen) atoms. The third kappa shape index (κ3) is 5.10. The van der Waals surface area contributed by atoms with Gasteiger partial charge in [0, 0.05) is 15.5 Å². The molecule has 112 valence electrons. The van der Waals surface area contributed by atoms with E-state index in [2.05, 4.69) is 23.6 Å². The Kier molecular flexibility index (Phi) is 6.14. The van der Waals surface area contributed by atoms with Crippen molar-refractivity contribution in [3.8, 4) is 5.75 Å². The number of carbonyl (C=O) groups excluding carboxylic acids is 1. The highest BCUT2D eigenvalue weighted by atomic mass is 32.2. The minimum atomic E-state index is -0.340. The molecular weight excluding hydrogens is 304 g/mol. The topological polar surface area (TPSA) is 35.5 Å². The summed E-state index contributed by atoms with van der Waals surface area (Å²) in [5, 5.41) is 2.09. The van der Waals surface area contributed by atoms with Gasteiger partial charge in [0.25, 0.3) is 0 Å². The predicted octanol–water partition coefficient (Wildman–Crippen LogP) is 4.29. The van der Waals surface area contributed by atoms with Crippen LogP contribution in [0.4, 0.5) is 0 Å². The van der Waals surface area contributed by atoms with Gasteiger partial charge in [-0.05, 0) is 49.1 Å². The molecule has 3 nitrogen and oxygen atoms in total. The summed E-state index contributed by atoms with van der Waals surface area (Å²) in [4.78, 5) is 13.8.